The van der Waals surface area contributed by atoms with Gasteiger partial charge in [0, 0.05) is 6.54 Å². The van der Waals surface area contributed by atoms with Crippen LogP contribution in [0.4, 0.5) is 0 Å². The smallest absolute Gasteiger partial charge is 0.258 e. The molecule has 0 spiro atoms. The van der Waals surface area contributed by atoms with E-state index in [1.165, 1.54) is 18.4 Å². The summed E-state index contributed by atoms with van der Waals surface area (Å²) in [5.41, 5.74) is 1.33. The van der Waals surface area contributed by atoms with Crippen LogP contribution in [0.3, 0.4) is 0 Å². The van der Waals surface area contributed by atoms with Crippen LogP contribution in [0.15, 0.2) is 52.5 Å². The van der Waals surface area contributed by atoms with E-state index in [1.54, 1.807) is 0 Å². The van der Waals surface area contributed by atoms with Crippen molar-refractivity contribution >= 4 is 32.6 Å². The summed E-state index contributed by atoms with van der Waals surface area (Å²) in [7, 11) is 0. The van der Waals surface area contributed by atoms with Crippen LogP contribution in [0.25, 0.3) is 10.8 Å². The maximum Gasteiger partial charge on any atom is 0.258 e. The van der Waals surface area contributed by atoms with Crippen molar-refractivity contribution < 1.29 is 9.53 Å². The van der Waals surface area contributed by atoms with E-state index in [4.69, 9.17) is 4.74 Å². The monoisotopic (exact) mass is 373 g/mol. The molecule has 2 aromatic rings. The number of carbonyl (C=O) groups excluding carboxylic acids is 1. The third-order valence-corrected chi connectivity index (χ3v) is 4.90. The molecule has 0 aliphatic heterocycles. The lowest BCUT2D eigenvalue weighted by molar-refractivity contribution is -0.122. The summed E-state index contributed by atoms with van der Waals surface area (Å²) in [6.07, 6.45) is 6.95. The first kappa shape index (κ1) is 16.1. The van der Waals surface area contributed by atoms with Gasteiger partial charge in [-0.2, -0.15) is 0 Å². The van der Waals surface area contributed by atoms with E-state index in [-0.39, 0.29) is 12.5 Å². The van der Waals surface area contributed by atoms with Crippen LogP contribution in [0.5, 0.6) is 5.75 Å². The number of carbonyl (C=O) groups is 1. The number of ether oxygens (including phenoxy) is 1. The lowest BCUT2D eigenvalue weighted by atomic mass is 10.00. The Bertz CT molecular complexity index is 739. The highest BCUT2D eigenvalue weighted by Crippen LogP contribution is 2.32. The summed E-state index contributed by atoms with van der Waals surface area (Å²) < 4.78 is 6.56. The van der Waals surface area contributed by atoms with Crippen molar-refractivity contribution in [1.82, 2.24) is 5.32 Å². The molecule has 0 saturated heterocycles. The third-order valence-electron chi connectivity index (χ3n) is 4.08. The molecule has 4 heteroatoms. The quantitative estimate of drug-likeness (QED) is 0.777. The molecule has 2 aromatic carbocycles. The molecule has 0 bridgehead atoms. The van der Waals surface area contributed by atoms with Crippen molar-refractivity contribution in [3.8, 4) is 5.75 Å². The van der Waals surface area contributed by atoms with E-state index in [1.807, 2.05) is 30.3 Å². The van der Waals surface area contributed by atoms with E-state index < -0.39 is 0 Å². The summed E-state index contributed by atoms with van der Waals surface area (Å²) in [5.74, 6) is 0.604. The Morgan fingerprint density at radius 1 is 1.17 bits per heavy atom. The van der Waals surface area contributed by atoms with Crippen molar-refractivity contribution in [2.75, 3.05) is 13.2 Å². The number of hydrogen-bond donors (Lipinski definition) is 1. The fourth-order valence-corrected chi connectivity index (χ4v) is 3.40. The van der Waals surface area contributed by atoms with Gasteiger partial charge in [0.2, 0.25) is 0 Å². The van der Waals surface area contributed by atoms with Crippen molar-refractivity contribution in [2.45, 2.75) is 25.7 Å². The van der Waals surface area contributed by atoms with E-state index in [2.05, 4.69) is 33.4 Å². The van der Waals surface area contributed by atoms with Gasteiger partial charge in [-0.25, -0.2) is 0 Å². The van der Waals surface area contributed by atoms with Gasteiger partial charge in [-0.05, 0) is 58.5 Å². The normalized spacial score (nSPS) is 14.4. The molecule has 1 N–H and O–H groups in total. The molecule has 23 heavy (non-hydrogen) atoms. The fourth-order valence-electron chi connectivity index (χ4n) is 2.80. The van der Waals surface area contributed by atoms with Gasteiger partial charge in [0.15, 0.2) is 6.61 Å². The van der Waals surface area contributed by atoms with Crippen molar-refractivity contribution in [2.24, 2.45) is 0 Å². The Labute approximate surface area is 144 Å². The number of fused-ring (bicyclic) bond motifs is 1. The maximum absolute atomic E-state index is 12.0. The molecule has 1 aliphatic rings. The molecule has 1 amide bonds. The van der Waals surface area contributed by atoms with Crippen LogP contribution < -0.4 is 10.1 Å². The number of allylic oxidation sites excluding steroid dienone is 1. The van der Waals surface area contributed by atoms with Gasteiger partial charge in [0.1, 0.15) is 5.75 Å². The molecule has 3 nitrogen and oxygen atoms in total. The van der Waals surface area contributed by atoms with Crippen molar-refractivity contribution in [1.29, 1.82) is 0 Å². The summed E-state index contributed by atoms with van der Waals surface area (Å²) in [6.45, 7) is 0.672. The first-order valence-corrected chi connectivity index (χ1v) is 8.78. The van der Waals surface area contributed by atoms with Gasteiger partial charge in [-0.15, -0.1) is 0 Å². The predicted molar refractivity (Wildman–Crippen MR) is 96.7 cm³/mol. The molecular formula is C19H20BrNO2. The molecule has 0 radical (unpaired) electrons. The molecule has 0 heterocycles. The average molecular weight is 374 g/mol. The van der Waals surface area contributed by atoms with Gasteiger partial charge >= 0.3 is 0 Å². The van der Waals surface area contributed by atoms with Crippen LogP contribution in [-0.2, 0) is 4.79 Å². The van der Waals surface area contributed by atoms with Gasteiger partial charge in [0.05, 0.1) is 4.47 Å². The first-order valence-electron chi connectivity index (χ1n) is 7.99. The SMILES string of the molecule is O=C(COc1ccc2ccccc2c1Br)NCC1=CCCCC1. The van der Waals surface area contributed by atoms with Crippen LogP contribution in [0.2, 0.25) is 0 Å². The number of halogens is 1. The predicted octanol–water partition coefficient (Wildman–Crippen LogP) is 4.60. The largest absolute Gasteiger partial charge is 0.483 e. The number of nitrogens with one attached hydrogen (secondary N) is 1. The Kier molecular flexibility index (Phi) is 5.34. The molecule has 0 atom stereocenters. The molecule has 0 fully saturated rings. The van der Waals surface area contributed by atoms with Crippen LogP contribution in [0.1, 0.15) is 25.7 Å². The molecule has 120 valence electrons. The Morgan fingerprint density at radius 2 is 2.04 bits per heavy atom. The minimum Gasteiger partial charge on any atom is -0.483 e. The number of rotatable bonds is 5. The number of amides is 1. The Balaban J connectivity index is 1.56. The van der Waals surface area contributed by atoms with E-state index in [0.29, 0.717) is 12.3 Å². The van der Waals surface area contributed by atoms with Gasteiger partial charge in [-0.1, -0.05) is 42.0 Å². The Morgan fingerprint density at radius 3 is 2.87 bits per heavy atom. The zero-order valence-corrected chi connectivity index (χ0v) is 14.6. The van der Waals surface area contributed by atoms with Crippen molar-refractivity contribution in [3.63, 3.8) is 0 Å². The minimum atomic E-state index is -0.0865. The summed E-state index contributed by atoms with van der Waals surface area (Å²) in [6, 6.07) is 12.0. The average Bonchev–Trinajstić information content (AvgIpc) is 2.60. The van der Waals surface area contributed by atoms with Crippen molar-refractivity contribution in [3.05, 3.63) is 52.5 Å². The summed E-state index contributed by atoms with van der Waals surface area (Å²) in [5, 5.41) is 5.15. The molecular weight excluding hydrogens is 354 g/mol. The third kappa shape index (κ3) is 4.14. The lowest BCUT2D eigenvalue weighted by Crippen LogP contribution is -2.30. The zero-order chi connectivity index (χ0) is 16.1. The van der Waals surface area contributed by atoms with E-state index >= 15 is 0 Å². The van der Waals surface area contributed by atoms with E-state index in [9.17, 15) is 4.79 Å². The molecule has 0 saturated carbocycles. The van der Waals surface area contributed by atoms with Crippen LogP contribution in [-0.4, -0.2) is 19.1 Å². The summed E-state index contributed by atoms with van der Waals surface area (Å²) >= 11 is 3.57. The van der Waals surface area contributed by atoms with Gasteiger partial charge in [-0.3, -0.25) is 4.79 Å². The fraction of sp³-hybridized carbons (Fsp3) is 0.316. The summed E-state index contributed by atoms with van der Waals surface area (Å²) in [4.78, 5) is 12.0. The van der Waals surface area contributed by atoms with Crippen LogP contribution in [0, 0.1) is 0 Å². The Hall–Kier alpha value is -1.81. The molecule has 0 unspecified atom stereocenters. The van der Waals surface area contributed by atoms with Crippen LogP contribution >= 0.6 is 15.9 Å². The second kappa shape index (κ2) is 7.64. The minimum absolute atomic E-state index is 0.0320. The number of benzene rings is 2. The standard InChI is InChI=1S/C19H20BrNO2/c20-19-16-9-5-4-8-15(16)10-11-17(19)23-13-18(22)21-12-14-6-2-1-3-7-14/h4-6,8-11H,1-3,7,12-13H2,(H,21,22). The molecule has 0 aromatic heterocycles. The zero-order valence-electron chi connectivity index (χ0n) is 13.0. The highest BCUT2D eigenvalue weighted by atomic mass is 79.9. The highest BCUT2D eigenvalue weighted by Gasteiger charge is 2.09. The second-order valence-electron chi connectivity index (χ2n) is 5.77. The highest BCUT2D eigenvalue weighted by molar-refractivity contribution is 9.10. The topological polar surface area (TPSA) is 38.3 Å². The maximum atomic E-state index is 12.0. The first-order chi connectivity index (χ1) is 11.2. The van der Waals surface area contributed by atoms with Gasteiger partial charge in [0.25, 0.3) is 5.91 Å². The van der Waals surface area contributed by atoms with E-state index in [0.717, 1.165) is 28.1 Å². The van der Waals surface area contributed by atoms with Gasteiger partial charge < -0.3 is 10.1 Å². The molecule has 1 aliphatic carbocycles. The lowest BCUT2D eigenvalue weighted by Gasteiger charge is -2.14. The molecule has 3 rings (SSSR count). The second-order valence-corrected chi connectivity index (χ2v) is 6.57. The number of hydrogen-bond acceptors (Lipinski definition) is 2.